The molecule has 2 N–H and O–H groups in total. The molecule has 0 aromatic heterocycles. The normalized spacial score (nSPS) is 11.2. The monoisotopic (exact) mass is 276 g/mol. The average Bonchev–Trinajstić information content (AvgIpc) is 2.38. The number of carboxylic acid groups (broad SMARTS) is 1. The van der Waals surface area contributed by atoms with Crippen LogP contribution >= 0.6 is 0 Å². The lowest BCUT2D eigenvalue weighted by molar-refractivity contribution is -0.384. The number of aliphatic carboxylic acids is 1. The second-order valence-corrected chi connectivity index (χ2v) is 3.97. The number of nitro groups is 1. The molecule has 0 aliphatic carbocycles. The van der Waals surface area contributed by atoms with Gasteiger partial charge in [0.25, 0.3) is 5.69 Å². The summed E-state index contributed by atoms with van der Waals surface area (Å²) in [6.45, 7) is 0. The number of nitrogens with one attached hydrogen (secondary N) is 1. The minimum Gasteiger partial charge on any atom is -0.480 e. The lowest BCUT2D eigenvalue weighted by Gasteiger charge is -2.11. The third-order valence-electron chi connectivity index (χ3n) is 2.44. The van der Waals surface area contributed by atoms with E-state index < -0.39 is 22.8 Å². The summed E-state index contributed by atoms with van der Waals surface area (Å²) in [7, 11) is 0. The van der Waals surface area contributed by atoms with Crippen molar-refractivity contribution in [2.24, 2.45) is 0 Å². The number of nitro benzene ring substituents is 1. The average molecular weight is 276 g/mol. The van der Waals surface area contributed by atoms with Gasteiger partial charge in [-0.1, -0.05) is 12.1 Å². The van der Waals surface area contributed by atoms with Gasteiger partial charge in [-0.25, -0.2) is 4.79 Å². The molecule has 0 bridgehead atoms. The number of carbonyl (C=O) groups excluding carboxylic acids is 1. The summed E-state index contributed by atoms with van der Waals surface area (Å²) in [5.41, 5.74) is 0.287. The Kier molecular flexibility index (Phi) is 5.23. The fourth-order valence-corrected chi connectivity index (χ4v) is 1.53. The Morgan fingerprint density at radius 3 is 2.75 bits per heavy atom. The first kappa shape index (κ1) is 15.2. The first-order valence-corrected chi connectivity index (χ1v) is 5.63. The van der Waals surface area contributed by atoms with E-state index in [0.29, 0.717) is 5.56 Å². The Morgan fingerprint density at radius 1 is 1.50 bits per heavy atom. The number of carbonyl (C=O) groups is 2. The van der Waals surface area contributed by atoms with E-state index in [0.717, 1.165) is 0 Å². The van der Waals surface area contributed by atoms with Crippen molar-refractivity contribution in [1.29, 1.82) is 0 Å². The minimum absolute atomic E-state index is 0.129. The maximum Gasteiger partial charge on any atom is 0.327 e. The van der Waals surface area contributed by atoms with Crippen molar-refractivity contribution < 1.29 is 19.6 Å². The van der Waals surface area contributed by atoms with E-state index >= 15 is 0 Å². The highest BCUT2D eigenvalue weighted by molar-refractivity contribution is 5.85. The van der Waals surface area contributed by atoms with Crippen molar-refractivity contribution in [3.05, 3.63) is 39.9 Å². The SMILES string of the molecule is C#CC[C@H](NC(=O)Cc1cccc([N+](=O)[O-])c1)C(=O)O. The molecule has 0 heterocycles. The topological polar surface area (TPSA) is 110 Å². The number of carboxylic acids is 1. The van der Waals surface area contributed by atoms with E-state index in [4.69, 9.17) is 11.5 Å². The molecule has 0 aliphatic heterocycles. The minimum atomic E-state index is -1.23. The molecule has 104 valence electrons. The lowest BCUT2D eigenvalue weighted by atomic mass is 10.1. The molecule has 0 aliphatic rings. The fourth-order valence-electron chi connectivity index (χ4n) is 1.53. The molecule has 0 saturated heterocycles. The molecule has 0 saturated carbocycles. The van der Waals surface area contributed by atoms with Gasteiger partial charge in [-0.05, 0) is 5.56 Å². The fraction of sp³-hybridized carbons (Fsp3) is 0.231. The van der Waals surface area contributed by atoms with Gasteiger partial charge < -0.3 is 10.4 Å². The van der Waals surface area contributed by atoms with Crippen molar-refractivity contribution in [2.45, 2.75) is 18.9 Å². The van der Waals surface area contributed by atoms with Crippen molar-refractivity contribution >= 4 is 17.6 Å². The molecule has 1 aromatic carbocycles. The van der Waals surface area contributed by atoms with E-state index in [-0.39, 0.29) is 18.5 Å². The van der Waals surface area contributed by atoms with Crippen LogP contribution < -0.4 is 5.32 Å². The third kappa shape index (κ3) is 4.42. The highest BCUT2D eigenvalue weighted by Gasteiger charge is 2.19. The summed E-state index contributed by atoms with van der Waals surface area (Å²) in [5.74, 6) is 0.369. The number of rotatable bonds is 6. The molecule has 1 aromatic rings. The zero-order chi connectivity index (χ0) is 15.1. The van der Waals surface area contributed by atoms with Gasteiger partial charge in [0, 0.05) is 18.6 Å². The van der Waals surface area contributed by atoms with Crippen LogP contribution in [-0.4, -0.2) is 27.9 Å². The quantitative estimate of drug-likeness (QED) is 0.452. The Balaban J connectivity index is 2.71. The van der Waals surface area contributed by atoms with E-state index in [1.165, 1.54) is 18.2 Å². The van der Waals surface area contributed by atoms with Gasteiger partial charge in [-0.2, -0.15) is 0 Å². The summed E-state index contributed by atoms with van der Waals surface area (Å²) in [4.78, 5) is 32.5. The molecule has 0 spiro atoms. The van der Waals surface area contributed by atoms with Gasteiger partial charge in [0.05, 0.1) is 11.3 Å². The smallest absolute Gasteiger partial charge is 0.327 e. The summed E-state index contributed by atoms with van der Waals surface area (Å²) in [5, 5.41) is 21.7. The number of amides is 1. The van der Waals surface area contributed by atoms with E-state index in [9.17, 15) is 19.7 Å². The maximum atomic E-state index is 11.7. The van der Waals surface area contributed by atoms with Crippen LogP contribution in [0.1, 0.15) is 12.0 Å². The van der Waals surface area contributed by atoms with Gasteiger partial charge in [0.2, 0.25) is 5.91 Å². The van der Waals surface area contributed by atoms with E-state index in [2.05, 4.69) is 11.2 Å². The van der Waals surface area contributed by atoms with Crippen LogP contribution in [0.4, 0.5) is 5.69 Å². The van der Waals surface area contributed by atoms with Crippen molar-refractivity contribution in [2.75, 3.05) is 0 Å². The zero-order valence-electron chi connectivity index (χ0n) is 10.4. The molecule has 0 radical (unpaired) electrons. The van der Waals surface area contributed by atoms with Gasteiger partial charge >= 0.3 is 5.97 Å². The lowest BCUT2D eigenvalue weighted by Crippen LogP contribution is -2.41. The molecule has 1 rings (SSSR count). The summed E-state index contributed by atoms with van der Waals surface area (Å²) in [6, 6.07) is 4.41. The first-order chi connectivity index (χ1) is 9.43. The van der Waals surface area contributed by atoms with Crippen LogP contribution in [0.5, 0.6) is 0 Å². The van der Waals surface area contributed by atoms with Gasteiger partial charge in [0.15, 0.2) is 0 Å². The largest absolute Gasteiger partial charge is 0.480 e. The molecule has 0 fully saturated rings. The van der Waals surface area contributed by atoms with Crippen LogP contribution in [-0.2, 0) is 16.0 Å². The van der Waals surface area contributed by atoms with Gasteiger partial charge in [0.1, 0.15) is 6.04 Å². The van der Waals surface area contributed by atoms with E-state index in [1.807, 2.05) is 0 Å². The predicted octanol–water partition coefficient (Wildman–Crippen LogP) is 0.730. The molecule has 20 heavy (non-hydrogen) atoms. The van der Waals surface area contributed by atoms with Crippen LogP contribution in [0.2, 0.25) is 0 Å². The first-order valence-electron chi connectivity index (χ1n) is 5.63. The number of terminal acetylenes is 1. The summed E-state index contributed by atoms with van der Waals surface area (Å²) in [6.07, 6.45) is 4.72. The Labute approximate surface area is 114 Å². The van der Waals surface area contributed by atoms with Crippen LogP contribution in [0, 0.1) is 22.5 Å². The molecule has 7 nitrogen and oxygen atoms in total. The second-order valence-electron chi connectivity index (χ2n) is 3.97. The number of non-ortho nitro benzene ring substituents is 1. The molecule has 1 amide bonds. The van der Waals surface area contributed by atoms with Crippen molar-refractivity contribution in [3.8, 4) is 12.3 Å². The van der Waals surface area contributed by atoms with Crippen LogP contribution in [0.15, 0.2) is 24.3 Å². The standard InChI is InChI=1S/C13H12N2O5/c1-2-4-11(13(17)18)14-12(16)8-9-5-3-6-10(7-9)15(19)20/h1,3,5-7,11H,4,8H2,(H,14,16)(H,17,18)/t11-/m0/s1. The Hall–Kier alpha value is -2.88. The second kappa shape index (κ2) is 6.89. The Morgan fingerprint density at radius 2 is 2.20 bits per heavy atom. The van der Waals surface area contributed by atoms with Gasteiger partial charge in [-0.3, -0.25) is 14.9 Å². The van der Waals surface area contributed by atoms with Crippen LogP contribution in [0.3, 0.4) is 0 Å². The Bertz CT molecular complexity index is 576. The number of nitrogens with zero attached hydrogens (tertiary/aromatic N) is 1. The van der Waals surface area contributed by atoms with Crippen molar-refractivity contribution in [1.82, 2.24) is 5.32 Å². The highest BCUT2D eigenvalue weighted by Crippen LogP contribution is 2.13. The summed E-state index contributed by atoms with van der Waals surface area (Å²) >= 11 is 0. The molecule has 7 heteroatoms. The van der Waals surface area contributed by atoms with E-state index in [1.54, 1.807) is 6.07 Å². The summed E-state index contributed by atoms with van der Waals surface area (Å²) < 4.78 is 0. The molecule has 0 unspecified atom stereocenters. The zero-order valence-corrected chi connectivity index (χ0v) is 10.4. The van der Waals surface area contributed by atoms with Gasteiger partial charge in [-0.15, -0.1) is 12.3 Å². The molecule has 1 atom stereocenters. The number of hydrogen-bond acceptors (Lipinski definition) is 4. The number of hydrogen-bond donors (Lipinski definition) is 2. The number of benzene rings is 1. The maximum absolute atomic E-state index is 11.7. The highest BCUT2D eigenvalue weighted by atomic mass is 16.6. The molecular weight excluding hydrogens is 264 g/mol. The molecular formula is C13H12N2O5. The predicted molar refractivity (Wildman–Crippen MR) is 69.8 cm³/mol. The van der Waals surface area contributed by atoms with Crippen LogP contribution in [0.25, 0.3) is 0 Å². The third-order valence-corrected chi connectivity index (χ3v) is 2.44. The van der Waals surface area contributed by atoms with Crippen molar-refractivity contribution in [3.63, 3.8) is 0 Å².